The third-order valence-electron chi connectivity index (χ3n) is 5.31. The van der Waals surface area contributed by atoms with Crippen molar-refractivity contribution < 1.29 is 28.1 Å². The summed E-state index contributed by atoms with van der Waals surface area (Å²) in [4.78, 5) is 0.169. The first-order chi connectivity index (χ1) is 14.3. The van der Waals surface area contributed by atoms with Crippen molar-refractivity contribution in [1.29, 1.82) is 0 Å². The van der Waals surface area contributed by atoms with Gasteiger partial charge in [-0.15, -0.1) is 0 Å². The molecule has 3 N–H and O–H groups in total. The molecule has 0 aromatic heterocycles. The fourth-order valence-corrected chi connectivity index (χ4v) is 5.10. The Morgan fingerprint density at radius 3 is 2.50 bits per heavy atom. The molecular weight excluding hydrogens is 408 g/mol. The smallest absolute Gasteiger partial charge is 0.243 e. The second-order valence-corrected chi connectivity index (χ2v) is 9.29. The molecule has 164 valence electrons. The van der Waals surface area contributed by atoms with Crippen LogP contribution in [0.2, 0.25) is 0 Å². The first-order valence-electron chi connectivity index (χ1n) is 9.67. The number of ether oxygens (including phenoxy) is 2. The van der Waals surface area contributed by atoms with Crippen LogP contribution in [0.25, 0.3) is 0 Å². The number of methoxy groups -OCH3 is 2. The van der Waals surface area contributed by atoms with E-state index in [4.69, 9.17) is 9.47 Å². The fourth-order valence-electron chi connectivity index (χ4n) is 3.56. The maximum Gasteiger partial charge on any atom is 0.243 e. The SMILES string of the molecule is COc1ccc(CNC[C@]2(O)CN(S(=O)(=O)c3ccccc3)CC[C@H]2O)cc1OC. The largest absolute Gasteiger partial charge is 0.493 e. The van der Waals surface area contributed by atoms with E-state index in [2.05, 4.69) is 5.32 Å². The summed E-state index contributed by atoms with van der Waals surface area (Å²) in [6.07, 6.45) is -0.877. The van der Waals surface area contributed by atoms with E-state index >= 15 is 0 Å². The van der Waals surface area contributed by atoms with E-state index in [0.29, 0.717) is 18.0 Å². The van der Waals surface area contributed by atoms with Crippen molar-refractivity contribution in [2.75, 3.05) is 33.9 Å². The Labute approximate surface area is 177 Å². The Bertz CT molecular complexity index is 953. The van der Waals surface area contributed by atoms with Crippen molar-refractivity contribution in [3.63, 3.8) is 0 Å². The number of aliphatic hydroxyl groups is 2. The van der Waals surface area contributed by atoms with E-state index in [-0.39, 0.29) is 31.0 Å². The average molecular weight is 437 g/mol. The van der Waals surface area contributed by atoms with Crippen LogP contribution in [0.4, 0.5) is 0 Å². The van der Waals surface area contributed by atoms with Gasteiger partial charge in [0.1, 0.15) is 5.60 Å². The third kappa shape index (κ3) is 4.76. The maximum absolute atomic E-state index is 12.9. The van der Waals surface area contributed by atoms with E-state index in [1.165, 1.54) is 16.4 Å². The van der Waals surface area contributed by atoms with Crippen molar-refractivity contribution in [2.45, 2.75) is 29.6 Å². The highest BCUT2D eigenvalue weighted by atomic mass is 32.2. The number of β-amino-alcohol motifs (C(OH)–C–C–N with tert-alkyl or cyclic N) is 1. The molecule has 9 heteroatoms. The zero-order valence-electron chi connectivity index (χ0n) is 17.1. The van der Waals surface area contributed by atoms with Gasteiger partial charge in [0.2, 0.25) is 10.0 Å². The molecule has 1 aliphatic rings. The number of aliphatic hydroxyl groups excluding tert-OH is 1. The van der Waals surface area contributed by atoms with Crippen LogP contribution in [0.3, 0.4) is 0 Å². The van der Waals surface area contributed by atoms with Gasteiger partial charge in [0.05, 0.1) is 25.2 Å². The summed E-state index contributed by atoms with van der Waals surface area (Å²) in [5.74, 6) is 1.21. The molecule has 8 nitrogen and oxygen atoms in total. The highest BCUT2D eigenvalue weighted by molar-refractivity contribution is 7.89. The van der Waals surface area contributed by atoms with E-state index in [1.54, 1.807) is 38.5 Å². The molecule has 3 rings (SSSR count). The monoisotopic (exact) mass is 436 g/mol. The number of piperidine rings is 1. The topological polar surface area (TPSA) is 108 Å². The van der Waals surface area contributed by atoms with Gasteiger partial charge < -0.3 is 25.0 Å². The van der Waals surface area contributed by atoms with Gasteiger partial charge in [-0.3, -0.25) is 0 Å². The minimum atomic E-state index is -3.75. The quantitative estimate of drug-likeness (QED) is 0.566. The molecule has 0 amide bonds. The van der Waals surface area contributed by atoms with Gasteiger partial charge in [0.25, 0.3) is 0 Å². The molecule has 0 aliphatic carbocycles. The lowest BCUT2D eigenvalue weighted by Crippen LogP contribution is -2.62. The second-order valence-electron chi connectivity index (χ2n) is 7.35. The Morgan fingerprint density at radius 1 is 1.13 bits per heavy atom. The summed E-state index contributed by atoms with van der Waals surface area (Å²) in [7, 11) is -0.632. The molecule has 0 saturated carbocycles. The van der Waals surface area contributed by atoms with E-state index in [1.807, 2.05) is 12.1 Å². The Morgan fingerprint density at radius 2 is 1.83 bits per heavy atom. The molecule has 0 bridgehead atoms. The van der Waals surface area contributed by atoms with Gasteiger partial charge in [-0.1, -0.05) is 24.3 Å². The van der Waals surface area contributed by atoms with E-state index in [0.717, 1.165) is 5.56 Å². The maximum atomic E-state index is 12.9. The number of sulfonamides is 1. The van der Waals surface area contributed by atoms with Crippen molar-refractivity contribution in [1.82, 2.24) is 9.62 Å². The fraction of sp³-hybridized carbons (Fsp3) is 0.429. The summed E-state index contributed by atoms with van der Waals surface area (Å²) in [5.41, 5.74) is -0.702. The van der Waals surface area contributed by atoms with Crippen LogP contribution in [0.1, 0.15) is 12.0 Å². The van der Waals surface area contributed by atoms with Crippen LogP contribution in [0.15, 0.2) is 53.4 Å². The predicted molar refractivity (Wildman–Crippen MR) is 112 cm³/mol. The molecule has 1 heterocycles. The summed E-state index contributed by atoms with van der Waals surface area (Å²) in [6.45, 7) is 0.394. The molecule has 30 heavy (non-hydrogen) atoms. The zero-order valence-corrected chi connectivity index (χ0v) is 17.9. The van der Waals surface area contributed by atoms with Crippen LogP contribution < -0.4 is 14.8 Å². The lowest BCUT2D eigenvalue weighted by molar-refractivity contribution is -0.104. The molecular formula is C21H28N2O6S. The highest BCUT2D eigenvalue weighted by Crippen LogP contribution is 2.28. The van der Waals surface area contributed by atoms with Crippen LogP contribution in [-0.2, 0) is 16.6 Å². The third-order valence-corrected chi connectivity index (χ3v) is 7.17. The summed E-state index contributed by atoms with van der Waals surface area (Å²) >= 11 is 0. The van der Waals surface area contributed by atoms with Gasteiger partial charge in [0, 0.05) is 26.2 Å². The Kier molecular flexibility index (Phi) is 6.99. The summed E-state index contributed by atoms with van der Waals surface area (Å²) in [6, 6.07) is 13.6. The molecule has 2 aromatic rings. The minimum absolute atomic E-state index is 0.0311. The predicted octanol–water partition coefficient (Wildman–Crippen LogP) is 0.980. The molecule has 1 saturated heterocycles. The van der Waals surface area contributed by atoms with Crippen molar-refractivity contribution in [3.05, 3.63) is 54.1 Å². The van der Waals surface area contributed by atoms with Crippen LogP contribution in [0.5, 0.6) is 11.5 Å². The number of nitrogens with zero attached hydrogens (tertiary/aromatic N) is 1. The van der Waals surface area contributed by atoms with Gasteiger partial charge in [-0.2, -0.15) is 4.31 Å². The van der Waals surface area contributed by atoms with E-state index < -0.39 is 21.7 Å². The first kappa shape index (κ1) is 22.5. The average Bonchev–Trinajstić information content (AvgIpc) is 2.76. The van der Waals surface area contributed by atoms with Gasteiger partial charge in [-0.05, 0) is 36.2 Å². The van der Waals surface area contributed by atoms with Crippen LogP contribution >= 0.6 is 0 Å². The van der Waals surface area contributed by atoms with Crippen LogP contribution in [0, 0.1) is 0 Å². The van der Waals surface area contributed by atoms with E-state index in [9.17, 15) is 18.6 Å². The number of benzene rings is 2. The number of hydrogen-bond acceptors (Lipinski definition) is 7. The van der Waals surface area contributed by atoms with Gasteiger partial charge in [-0.25, -0.2) is 8.42 Å². The second kappa shape index (κ2) is 9.32. The molecule has 1 fully saturated rings. The minimum Gasteiger partial charge on any atom is -0.493 e. The Balaban J connectivity index is 1.67. The standard InChI is InChI=1S/C21H28N2O6S/c1-28-18-9-8-16(12-19(18)29-2)13-22-14-21(25)15-23(11-10-20(21)24)30(26,27)17-6-4-3-5-7-17/h3-9,12,20,22,24-25H,10-11,13-15H2,1-2H3/t20-,21+/m1/s1. The zero-order chi connectivity index (χ0) is 21.8. The van der Waals surface area contributed by atoms with Crippen molar-refractivity contribution >= 4 is 10.0 Å². The van der Waals surface area contributed by atoms with Gasteiger partial charge in [0.15, 0.2) is 11.5 Å². The highest BCUT2D eigenvalue weighted by Gasteiger charge is 2.44. The summed E-state index contributed by atoms with van der Waals surface area (Å²) < 4.78 is 37.5. The number of nitrogens with one attached hydrogen (secondary N) is 1. The Hall–Kier alpha value is -2.17. The van der Waals surface area contributed by atoms with Crippen molar-refractivity contribution in [3.8, 4) is 11.5 Å². The van der Waals surface area contributed by atoms with Gasteiger partial charge >= 0.3 is 0 Å². The molecule has 0 spiro atoms. The van der Waals surface area contributed by atoms with Crippen LogP contribution in [-0.4, -0.2) is 68.5 Å². The lowest BCUT2D eigenvalue weighted by atomic mass is 9.90. The molecule has 1 aliphatic heterocycles. The normalized spacial score (nSPS) is 22.6. The number of rotatable bonds is 8. The first-order valence-corrected chi connectivity index (χ1v) is 11.1. The number of hydrogen-bond donors (Lipinski definition) is 3. The lowest BCUT2D eigenvalue weighted by Gasteiger charge is -2.42. The molecule has 2 aromatic carbocycles. The molecule has 0 radical (unpaired) electrons. The van der Waals surface area contributed by atoms with Crippen molar-refractivity contribution in [2.24, 2.45) is 0 Å². The molecule has 2 atom stereocenters. The molecule has 0 unspecified atom stereocenters. The summed E-state index contributed by atoms with van der Waals surface area (Å²) in [5, 5.41) is 24.5.